The zero-order valence-corrected chi connectivity index (χ0v) is 13.5. The normalized spacial score (nSPS) is 15.8. The third-order valence-corrected chi connectivity index (χ3v) is 3.48. The van der Waals surface area contributed by atoms with Crippen LogP contribution in [0.5, 0.6) is 0 Å². The predicted molar refractivity (Wildman–Crippen MR) is 84.6 cm³/mol. The van der Waals surface area contributed by atoms with Crippen LogP contribution in [0.3, 0.4) is 0 Å². The molecule has 7 nitrogen and oxygen atoms in total. The average molecular weight is 322 g/mol. The summed E-state index contributed by atoms with van der Waals surface area (Å²) < 4.78 is 6.26. The lowest BCUT2D eigenvalue weighted by Gasteiger charge is -2.20. The number of carbonyl (C=O) groups excluding carboxylic acids is 1. The van der Waals surface area contributed by atoms with E-state index in [0.29, 0.717) is 12.3 Å². The number of carbonyl (C=O) groups is 2. The van der Waals surface area contributed by atoms with Crippen LogP contribution in [0.1, 0.15) is 46.1 Å². The molecule has 0 saturated heterocycles. The summed E-state index contributed by atoms with van der Waals surface area (Å²) in [5, 5.41) is 11.8. The van der Waals surface area contributed by atoms with E-state index >= 15 is 0 Å². The number of hydrogen-bond acceptors (Lipinski definition) is 4. The van der Waals surface area contributed by atoms with Gasteiger partial charge in [0.2, 0.25) is 0 Å². The summed E-state index contributed by atoms with van der Waals surface area (Å²) in [6.45, 7) is 5.14. The Labute approximate surface area is 134 Å². The Kier molecular flexibility index (Phi) is 4.77. The Morgan fingerprint density at radius 3 is 2.61 bits per heavy atom. The van der Waals surface area contributed by atoms with Gasteiger partial charge in [-0.25, -0.2) is 9.59 Å². The largest absolute Gasteiger partial charge is 0.480 e. The lowest BCUT2D eigenvalue weighted by molar-refractivity contribution is -0.141. The van der Waals surface area contributed by atoms with Gasteiger partial charge in [-0.15, -0.1) is 0 Å². The van der Waals surface area contributed by atoms with E-state index in [1.54, 1.807) is 20.8 Å². The topological polar surface area (TPSA) is 97.6 Å². The predicted octanol–water partition coefficient (Wildman–Crippen LogP) is 2.62. The first-order valence-electron chi connectivity index (χ1n) is 7.61. The number of aromatic nitrogens is 1. The number of ether oxygens (including phenoxy) is 1. The van der Waals surface area contributed by atoms with Crippen molar-refractivity contribution in [2.45, 2.75) is 51.7 Å². The minimum absolute atomic E-state index is 0.00352. The third-order valence-electron chi connectivity index (χ3n) is 3.48. The highest BCUT2D eigenvalue weighted by molar-refractivity contribution is 5.84. The number of anilines is 1. The van der Waals surface area contributed by atoms with Crippen LogP contribution in [-0.4, -0.2) is 27.3 Å². The molecule has 0 radical (unpaired) electrons. The van der Waals surface area contributed by atoms with Crippen LogP contribution in [0.2, 0.25) is 0 Å². The molecule has 1 atom stereocenters. The van der Waals surface area contributed by atoms with E-state index in [1.807, 2.05) is 0 Å². The molecule has 0 aliphatic heterocycles. The molecule has 0 bridgehead atoms. The molecule has 0 spiro atoms. The molecule has 7 heteroatoms. The fraction of sp³-hybridized carbons (Fsp3) is 0.562. The number of pyridine rings is 1. The second-order valence-corrected chi connectivity index (χ2v) is 6.79. The van der Waals surface area contributed by atoms with Crippen molar-refractivity contribution in [1.29, 1.82) is 0 Å². The number of aliphatic carboxylic acids is 1. The number of hydrogen-bond donors (Lipinski definition) is 2. The number of carboxylic acid groups (broad SMARTS) is 1. The van der Waals surface area contributed by atoms with Crippen LogP contribution < -0.4 is 10.9 Å². The second-order valence-electron chi connectivity index (χ2n) is 6.79. The van der Waals surface area contributed by atoms with Gasteiger partial charge in [-0.3, -0.25) is 14.7 Å². The van der Waals surface area contributed by atoms with E-state index in [4.69, 9.17) is 4.74 Å². The van der Waals surface area contributed by atoms with Crippen LogP contribution in [0.4, 0.5) is 10.5 Å². The molecule has 1 unspecified atom stereocenters. The van der Waals surface area contributed by atoms with E-state index in [9.17, 15) is 19.5 Å². The number of nitrogens with zero attached hydrogens (tertiary/aromatic N) is 1. The van der Waals surface area contributed by atoms with Gasteiger partial charge in [0, 0.05) is 6.20 Å². The summed E-state index contributed by atoms with van der Waals surface area (Å²) in [5.41, 5.74) is -1.23. The molecule has 1 fully saturated rings. The Morgan fingerprint density at radius 1 is 1.43 bits per heavy atom. The van der Waals surface area contributed by atoms with Crippen molar-refractivity contribution in [3.05, 3.63) is 28.7 Å². The minimum atomic E-state index is -1.05. The summed E-state index contributed by atoms with van der Waals surface area (Å²) >= 11 is 0. The fourth-order valence-electron chi connectivity index (χ4n) is 2.27. The molecule has 1 aromatic rings. The highest BCUT2D eigenvalue weighted by atomic mass is 16.6. The molecular formula is C16H22N2O5. The van der Waals surface area contributed by atoms with Crippen LogP contribution in [0.15, 0.2) is 23.1 Å². The van der Waals surface area contributed by atoms with E-state index in [2.05, 4.69) is 5.32 Å². The molecule has 1 aliphatic carbocycles. The maximum Gasteiger partial charge on any atom is 0.412 e. The summed E-state index contributed by atoms with van der Waals surface area (Å²) in [6, 6.07) is 2.05. The summed E-state index contributed by atoms with van der Waals surface area (Å²) in [6.07, 6.45) is 3.10. The van der Waals surface area contributed by atoms with Gasteiger partial charge in [0.05, 0.1) is 0 Å². The standard InChI is InChI=1S/C16H22N2O5/c1-16(2,3)23-15(22)17-11-5-4-8-18(13(11)19)12(14(20)21)9-10-6-7-10/h4-5,8,10,12H,6-7,9H2,1-3H3,(H,17,22)(H,20,21). The smallest absolute Gasteiger partial charge is 0.412 e. The van der Waals surface area contributed by atoms with Crippen LogP contribution in [-0.2, 0) is 9.53 Å². The Hall–Kier alpha value is -2.31. The van der Waals surface area contributed by atoms with Gasteiger partial charge in [-0.05, 0) is 45.2 Å². The minimum Gasteiger partial charge on any atom is -0.480 e. The van der Waals surface area contributed by atoms with Crippen molar-refractivity contribution in [3.63, 3.8) is 0 Å². The van der Waals surface area contributed by atoms with E-state index in [1.165, 1.54) is 18.3 Å². The number of rotatable bonds is 5. The maximum absolute atomic E-state index is 12.4. The number of amides is 1. The molecule has 126 valence electrons. The van der Waals surface area contributed by atoms with Gasteiger partial charge < -0.3 is 9.84 Å². The highest BCUT2D eigenvalue weighted by Crippen LogP contribution is 2.36. The van der Waals surface area contributed by atoms with E-state index in [0.717, 1.165) is 17.4 Å². The Bertz CT molecular complexity index is 655. The third kappa shape index (κ3) is 4.84. The van der Waals surface area contributed by atoms with Crippen molar-refractivity contribution in [2.75, 3.05) is 5.32 Å². The first-order valence-corrected chi connectivity index (χ1v) is 7.61. The first-order chi connectivity index (χ1) is 10.7. The van der Waals surface area contributed by atoms with Crippen LogP contribution >= 0.6 is 0 Å². The van der Waals surface area contributed by atoms with Crippen molar-refractivity contribution < 1.29 is 19.4 Å². The fourth-order valence-corrected chi connectivity index (χ4v) is 2.27. The molecule has 0 aromatic carbocycles. The molecule has 1 amide bonds. The average Bonchev–Trinajstić information content (AvgIpc) is 3.20. The Morgan fingerprint density at radius 2 is 2.09 bits per heavy atom. The molecule has 2 N–H and O–H groups in total. The van der Waals surface area contributed by atoms with Crippen LogP contribution in [0.25, 0.3) is 0 Å². The van der Waals surface area contributed by atoms with Crippen molar-refractivity contribution in [3.8, 4) is 0 Å². The number of nitrogens with one attached hydrogen (secondary N) is 1. The molecular weight excluding hydrogens is 300 g/mol. The first kappa shape index (κ1) is 17.1. The SMILES string of the molecule is CC(C)(C)OC(=O)Nc1cccn(C(CC2CC2)C(=O)O)c1=O. The van der Waals surface area contributed by atoms with E-state index < -0.39 is 29.3 Å². The lowest BCUT2D eigenvalue weighted by Crippen LogP contribution is -2.33. The highest BCUT2D eigenvalue weighted by Gasteiger charge is 2.31. The monoisotopic (exact) mass is 322 g/mol. The van der Waals surface area contributed by atoms with Gasteiger partial charge in [-0.1, -0.05) is 12.8 Å². The van der Waals surface area contributed by atoms with Crippen LogP contribution in [0, 0.1) is 5.92 Å². The van der Waals surface area contributed by atoms with Gasteiger partial charge in [0.15, 0.2) is 0 Å². The zero-order chi connectivity index (χ0) is 17.2. The molecule has 1 heterocycles. The van der Waals surface area contributed by atoms with Gasteiger partial charge >= 0.3 is 12.1 Å². The molecule has 23 heavy (non-hydrogen) atoms. The van der Waals surface area contributed by atoms with Gasteiger partial charge in [0.1, 0.15) is 17.3 Å². The van der Waals surface area contributed by atoms with Crippen molar-refractivity contribution in [2.24, 2.45) is 5.92 Å². The molecule has 1 aliphatic rings. The summed E-state index contributed by atoms with van der Waals surface area (Å²) in [7, 11) is 0. The summed E-state index contributed by atoms with van der Waals surface area (Å²) in [4.78, 5) is 35.7. The lowest BCUT2D eigenvalue weighted by atomic mass is 10.1. The van der Waals surface area contributed by atoms with E-state index in [-0.39, 0.29) is 5.69 Å². The molecule has 1 saturated carbocycles. The Balaban J connectivity index is 2.21. The second kappa shape index (κ2) is 6.44. The quantitative estimate of drug-likeness (QED) is 0.868. The van der Waals surface area contributed by atoms with Crippen molar-refractivity contribution >= 4 is 17.7 Å². The zero-order valence-electron chi connectivity index (χ0n) is 13.5. The number of carboxylic acids is 1. The summed E-state index contributed by atoms with van der Waals surface area (Å²) in [5.74, 6) is -0.695. The van der Waals surface area contributed by atoms with Gasteiger partial charge in [-0.2, -0.15) is 0 Å². The van der Waals surface area contributed by atoms with Crippen molar-refractivity contribution in [1.82, 2.24) is 4.57 Å². The molecule has 1 aromatic heterocycles. The maximum atomic E-state index is 12.4. The van der Waals surface area contributed by atoms with Gasteiger partial charge in [0.25, 0.3) is 5.56 Å². The molecule has 2 rings (SSSR count).